The number of hydrogen-bond acceptors (Lipinski definition) is 3. The Morgan fingerprint density at radius 1 is 1.04 bits per heavy atom. The van der Waals surface area contributed by atoms with Gasteiger partial charge in [0.05, 0.1) is 17.8 Å². The standard InChI is InChI=1S/C18H17FN2O2/c1-11-6-5-7-12(2)17(11)21-16(22)10-15(18(21)23)20-14-9-4-3-8-13(14)19/h3-9,15,20H,10H2,1-2H3/t15-/m1/s1. The molecule has 3 rings (SSSR count). The highest BCUT2D eigenvalue weighted by atomic mass is 19.1. The monoisotopic (exact) mass is 312 g/mol. The molecule has 0 saturated carbocycles. The lowest BCUT2D eigenvalue weighted by molar-refractivity contribution is -0.121. The Bertz CT molecular complexity index is 768. The number of amides is 2. The van der Waals surface area contributed by atoms with Crippen LogP contribution in [0, 0.1) is 19.7 Å². The van der Waals surface area contributed by atoms with Crippen molar-refractivity contribution in [3.05, 3.63) is 59.4 Å². The minimum Gasteiger partial charge on any atom is -0.371 e. The minimum atomic E-state index is -0.751. The highest BCUT2D eigenvalue weighted by Gasteiger charge is 2.40. The zero-order valence-electron chi connectivity index (χ0n) is 13.0. The number of rotatable bonds is 3. The second-order valence-electron chi connectivity index (χ2n) is 5.69. The van der Waals surface area contributed by atoms with Crippen molar-refractivity contribution in [1.29, 1.82) is 0 Å². The summed E-state index contributed by atoms with van der Waals surface area (Å²) < 4.78 is 13.7. The van der Waals surface area contributed by atoms with Gasteiger partial charge >= 0.3 is 0 Å². The predicted octanol–water partition coefficient (Wildman–Crippen LogP) is 3.19. The molecule has 0 bridgehead atoms. The molecular weight excluding hydrogens is 295 g/mol. The average Bonchev–Trinajstić information content (AvgIpc) is 2.77. The van der Waals surface area contributed by atoms with Crippen molar-refractivity contribution in [1.82, 2.24) is 0 Å². The molecule has 0 unspecified atom stereocenters. The molecule has 0 aromatic heterocycles. The van der Waals surface area contributed by atoms with Crippen LogP contribution in [0.25, 0.3) is 0 Å². The number of imide groups is 1. The van der Waals surface area contributed by atoms with E-state index in [4.69, 9.17) is 0 Å². The van der Waals surface area contributed by atoms with Gasteiger partial charge in [0.1, 0.15) is 11.9 Å². The summed E-state index contributed by atoms with van der Waals surface area (Å²) >= 11 is 0. The molecule has 5 heteroatoms. The molecule has 1 N–H and O–H groups in total. The summed E-state index contributed by atoms with van der Waals surface area (Å²) in [5.41, 5.74) is 2.57. The second-order valence-corrected chi connectivity index (χ2v) is 5.69. The van der Waals surface area contributed by atoms with Crippen molar-refractivity contribution >= 4 is 23.2 Å². The molecule has 0 radical (unpaired) electrons. The van der Waals surface area contributed by atoms with Crippen LogP contribution < -0.4 is 10.2 Å². The van der Waals surface area contributed by atoms with Crippen LogP contribution in [0.5, 0.6) is 0 Å². The van der Waals surface area contributed by atoms with Crippen molar-refractivity contribution in [3.63, 3.8) is 0 Å². The number of aryl methyl sites for hydroxylation is 2. The Morgan fingerprint density at radius 2 is 1.70 bits per heavy atom. The first-order valence-electron chi connectivity index (χ1n) is 7.43. The Hall–Kier alpha value is -2.69. The zero-order chi connectivity index (χ0) is 16.6. The minimum absolute atomic E-state index is 0.0148. The van der Waals surface area contributed by atoms with Crippen LogP contribution in [0.2, 0.25) is 0 Å². The lowest BCUT2D eigenvalue weighted by Gasteiger charge is -2.20. The van der Waals surface area contributed by atoms with Crippen LogP contribution in [0.1, 0.15) is 17.5 Å². The van der Waals surface area contributed by atoms with Gasteiger partial charge in [0.25, 0.3) is 5.91 Å². The summed E-state index contributed by atoms with van der Waals surface area (Å²) in [5.74, 6) is -1.07. The summed E-state index contributed by atoms with van der Waals surface area (Å²) in [6, 6.07) is 11.0. The Labute approximate surface area is 133 Å². The van der Waals surface area contributed by atoms with Crippen LogP contribution in [0.3, 0.4) is 0 Å². The van der Waals surface area contributed by atoms with Gasteiger partial charge in [0.15, 0.2) is 0 Å². The number of nitrogens with zero attached hydrogens (tertiary/aromatic N) is 1. The van der Waals surface area contributed by atoms with Crippen LogP contribution in [0.4, 0.5) is 15.8 Å². The molecule has 1 heterocycles. The normalized spacial score (nSPS) is 17.7. The number of carbonyl (C=O) groups excluding carboxylic acids is 2. The quantitative estimate of drug-likeness (QED) is 0.886. The molecule has 2 amide bonds. The summed E-state index contributed by atoms with van der Waals surface area (Å²) in [5, 5.41) is 2.84. The number of para-hydroxylation sites is 2. The molecule has 1 fully saturated rings. The SMILES string of the molecule is Cc1cccc(C)c1N1C(=O)C[C@@H](Nc2ccccc2F)C1=O. The Balaban J connectivity index is 1.90. The molecule has 118 valence electrons. The van der Waals surface area contributed by atoms with Gasteiger partial charge in [-0.05, 0) is 37.1 Å². The smallest absolute Gasteiger partial charge is 0.256 e. The highest BCUT2D eigenvalue weighted by molar-refractivity contribution is 6.23. The topological polar surface area (TPSA) is 49.4 Å². The molecule has 0 spiro atoms. The van der Waals surface area contributed by atoms with Crippen molar-refractivity contribution < 1.29 is 14.0 Å². The first-order chi connectivity index (χ1) is 11.0. The number of nitrogens with one attached hydrogen (secondary N) is 1. The lowest BCUT2D eigenvalue weighted by Crippen LogP contribution is -2.35. The molecular formula is C18H17FN2O2. The summed E-state index contributed by atoms with van der Waals surface area (Å²) in [6.45, 7) is 3.72. The molecule has 2 aromatic rings. The molecule has 23 heavy (non-hydrogen) atoms. The number of hydrogen-bond donors (Lipinski definition) is 1. The number of halogens is 1. The van der Waals surface area contributed by atoms with Gasteiger partial charge in [0, 0.05) is 0 Å². The van der Waals surface area contributed by atoms with E-state index in [-0.39, 0.29) is 23.9 Å². The third-order valence-electron chi connectivity index (χ3n) is 4.01. The van der Waals surface area contributed by atoms with E-state index < -0.39 is 11.9 Å². The van der Waals surface area contributed by atoms with Crippen LogP contribution in [-0.4, -0.2) is 17.9 Å². The van der Waals surface area contributed by atoms with E-state index in [0.717, 1.165) is 11.1 Å². The van der Waals surface area contributed by atoms with Gasteiger partial charge in [-0.3, -0.25) is 9.59 Å². The third kappa shape index (κ3) is 2.70. The largest absolute Gasteiger partial charge is 0.371 e. The lowest BCUT2D eigenvalue weighted by atomic mass is 10.1. The summed E-state index contributed by atoms with van der Waals surface area (Å²) in [4.78, 5) is 26.2. The van der Waals surface area contributed by atoms with Crippen molar-refractivity contribution in [2.75, 3.05) is 10.2 Å². The van der Waals surface area contributed by atoms with Gasteiger partial charge < -0.3 is 5.32 Å². The van der Waals surface area contributed by atoms with E-state index in [1.807, 2.05) is 32.0 Å². The molecule has 1 aliphatic heterocycles. The van der Waals surface area contributed by atoms with E-state index in [1.54, 1.807) is 18.2 Å². The number of carbonyl (C=O) groups is 2. The van der Waals surface area contributed by atoms with Gasteiger partial charge in [-0.1, -0.05) is 30.3 Å². The maximum Gasteiger partial charge on any atom is 0.256 e. The first kappa shape index (κ1) is 15.2. The fourth-order valence-corrected chi connectivity index (χ4v) is 2.90. The fourth-order valence-electron chi connectivity index (χ4n) is 2.90. The van der Waals surface area contributed by atoms with Gasteiger partial charge in [-0.2, -0.15) is 0 Å². The maximum absolute atomic E-state index is 13.7. The van der Waals surface area contributed by atoms with E-state index in [0.29, 0.717) is 5.69 Å². The maximum atomic E-state index is 13.7. The summed E-state index contributed by atoms with van der Waals surface area (Å²) in [7, 11) is 0. The molecule has 0 aliphatic carbocycles. The Morgan fingerprint density at radius 3 is 2.35 bits per heavy atom. The van der Waals surface area contributed by atoms with E-state index in [1.165, 1.54) is 11.0 Å². The van der Waals surface area contributed by atoms with Gasteiger partial charge in [-0.25, -0.2) is 9.29 Å². The average molecular weight is 312 g/mol. The molecule has 4 nitrogen and oxygen atoms in total. The molecule has 1 saturated heterocycles. The van der Waals surface area contributed by atoms with Crippen LogP contribution in [0.15, 0.2) is 42.5 Å². The van der Waals surface area contributed by atoms with Crippen molar-refractivity contribution in [3.8, 4) is 0 Å². The van der Waals surface area contributed by atoms with E-state index in [9.17, 15) is 14.0 Å². The second kappa shape index (κ2) is 5.83. The fraction of sp³-hybridized carbons (Fsp3) is 0.222. The number of anilines is 2. The zero-order valence-corrected chi connectivity index (χ0v) is 13.0. The molecule has 1 aliphatic rings. The van der Waals surface area contributed by atoms with Crippen molar-refractivity contribution in [2.24, 2.45) is 0 Å². The van der Waals surface area contributed by atoms with Crippen molar-refractivity contribution in [2.45, 2.75) is 26.3 Å². The van der Waals surface area contributed by atoms with Gasteiger partial charge in [-0.15, -0.1) is 0 Å². The molecule has 1 atom stereocenters. The predicted molar refractivity (Wildman–Crippen MR) is 86.8 cm³/mol. The Kier molecular flexibility index (Phi) is 3.86. The van der Waals surface area contributed by atoms with Crippen LogP contribution in [-0.2, 0) is 9.59 Å². The van der Waals surface area contributed by atoms with Gasteiger partial charge in [0.2, 0.25) is 5.91 Å². The molecule has 2 aromatic carbocycles. The summed E-state index contributed by atoms with van der Waals surface area (Å²) in [6.07, 6.45) is 0.0148. The van der Waals surface area contributed by atoms with E-state index in [2.05, 4.69) is 5.32 Å². The highest BCUT2D eigenvalue weighted by Crippen LogP contribution is 2.30. The first-order valence-corrected chi connectivity index (χ1v) is 7.43. The van der Waals surface area contributed by atoms with E-state index >= 15 is 0 Å². The van der Waals surface area contributed by atoms with Crippen LogP contribution >= 0.6 is 0 Å². The number of benzene rings is 2. The third-order valence-corrected chi connectivity index (χ3v) is 4.01.